The molecule has 0 saturated carbocycles. The lowest BCUT2D eigenvalue weighted by Gasteiger charge is -2.07. The third kappa shape index (κ3) is 3.32. The zero-order valence-corrected chi connectivity index (χ0v) is 8.79. The van der Waals surface area contributed by atoms with Crippen molar-refractivity contribution in [2.45, 2.75) is 19.9 Å². The molecule has 0 atom stereocenters. The summed E-state index contributed by atoms with van der Waals surface area (Å²) < 4.78 is 18.7. The molecule has 0 saturated heterocycles. The molecule has 0 unspecified atom stereocenters. The van der Waals surface area contributed by atoms with E-state index >= 15 is 0 Å². The Kier molecular flexibility index (Phi) is 4.24. The highest BCUT2D eigenvalue weighted by atomic mass is 19.1. The lowest BCUT2D eigenvalue weighted by Crippen LogP contribution is -2.06. The van der Waals surface area contributed by atoms with Gasteiger partial charge in [0, 0.05) is 24.7 Å². The van der Waals surface area contributed by atoms with E-state index in [0.717, 1.165) is 5.57 Å². The SMILES string of the molecule is C=C(C)CCOc1nccc(CN)c1F. The molecule has 0 amide bonds. The molecule has 1 heterocycles. The molecule has 0 aromatic carbocycles. The van der Waals surface area contributed by atoms with Gasteiger partial charge in [-0.1, -0.05) is 5.57 Å². The highest BCUT2D eigenvalue weighted by molar-refractivity contribution is 5.23. The summed E-state index contributed by atoms with van der Waals surface area (Å²) in [5.41, 5.74) is 6.76. The fraction of sp³-hybridized carbons (Fsp3) is 0.364. The number of pyridine rings is 1. The Hall–Kier alpha value is -1.42. The van der Waals surface area contributed by atoms with E-state index in [0.29, 0.717) is 18.6 Å². The minimum absolute atomic E-state index is 0.0131. The Morgan fingerprint density at radius 3 is 3.00 bits per heavy atom. The number of hydrogen-bond donors (Lipinski definition) is 1. The van der Waals surface area contributed by atoms with Crippen molar-refractivity contribution < 1.29 is 9.13 Å². The van der Waals surface area contributed by atoms with Crippen LogP contribution in [0.3, 0.4) is 0 Å². The van der Waals surface area contributed by atoms with Crippen LogP contribution in [0.15, 0.2) is 24.4 Å². The van der Waals surface area contributed by atoms with Gasteiger partial charge in [-0.05, 0) is 13.0 Å². The van der Waals surface area contributed by atoms with Crippen LogP contribution in [0.2, 0.25) is 0 Å². The number of ether oxygens (including phenoxy) is 1. The van der Waals surface area contributed by atoms with Gasteiger partial charge in [0.2, 0.25) is 0 Å². The summed E-state index contributed by atoms with van der Waals surface area (Å²) in [5.74, 6) is -0.457. The predicted molar refractivity (Wildman–Crippen MR) is 57.0 cm³/mol. The third-order valence-corrected chi connectivity index (χ3v) is 1.92. The number of aromatic nitrogens is 1. The Balaban J connectivity index is 2.64. The van der Waals surface area contributed by atoms with Crippen LogP contribution in [0.1, 0.15) is 18.9 Å². The third-order valence-electron chi connectivity index (χ3n) is 1.92. The molecule has 2 N–H and O–H groups in total. The molecule has 15 heavy (non-hydrogen) atoms. The summed E-state index contributed by atoms with van der Waals surface area (Å²) in [7, 11) is 0. The predicted octanol–water partition coefficient (Wildman–Crippen LogP) is 2.02. The molecule has 0 aliphatic carbocycles. The number of nitrogens with zero attached hydrogens (tertiary/aromatic N) is 1. The minimum atomic E-state index is -0.471. The van der Waals surface area contributed by atoms with Gasteiger partial charge in [0.05, 0.1) is 6.61 Å². The van der Waals surface area contributed by atoms with Crippen molar-refractivity contribution in [2.24, 2.45) is 5.73 Å². The van der Waals surface area contributed by atoms with E-state index in [2.05, 4.69) is 11.6 Å². The smallest absolute Gasteiger partial charge is 0.250 e. The first-order valence-corrected chi connectivity index (χ1v) is 4.75. The van der Waals surface area contributed by atoms with E-state index in [-0.39, 0.29) is 12.4 Å². The fourth-order valence-corrected chi connectivity index (χ4v) is 1.04. The van der Waals surface area contributed by atoms with Crippen molar-refractivity contribution in [2.75, 3.05) is 6.61 Å². The molecule has 0 fully saturated rings. The van der Waals surface area contributed by atoms with Crippen LogP contribution in [-0.4, -0.2) is 11.6 Å². The average molecular weight is 210 g/mol. The molecule has 1 rings (SSSR count). The quantitative estimate of drug-likeness (QED) is 0.756. The van der Waals surface area contributed by atoms with Crippen LogP contribution in [0.5, 0.6) is 5.88 Å². The van der Waals surface area contributed by atoms with Gasteiger partial charge in [-0.3, -0.25) is 0 Å². The zero-order chi connectivity index (χ0) is 11.3. The van der Waals surface area contributed by atoms with Gasteiger partial charge in [-0.2, -0.15) is 0 Å². The van der Waals surface area contributed by atoms with Crippen molar-refractivity contribution in [3.05, 3.63) is 35.8 Å². The molecule has 0 radical (unpaired) electrons. The van der Waals surface area contributed by atoms with Crippen LogP contribution in [0, 0.1) is 5.82 Å². The van der Waals surface area contributed by atoms with E-state index in [1.165, 1.54) is 6.20 Å². The van der Waals surface area contributed by atoms with Crippen molar-refractivity contribution >= 4 is 0 Å². The van der Waals surface area contributed by atoms with Gasteiger partial charge in [0.15, 0.2) is 5.82 Å². The van der Waals surface area contributed by atoms with Gasteiger partial charge >= 0.3 is 0 Å². The maximum Gasteiger partial charge on any atom is 0.250 e. The van der Waals surface area contributed by atoms with Crippen LogP contribution in [0.4, 0.5) is 4.39 Å². The average Bonchev–Trinajstić information content (AvgIpc) is 2.20. The number of hydrogen-bond acceptors (Lipinski definition) is 3. The molecule has 0 spiro atoms. The lowest BCUT2D eigenvalue weighted by atomic mass is 10.2. The molecule has 0 aliphatic rings. The standard InChI is InChI=1S/C11H15FN2O/c1-8(2)4-6-15-11-10(12)9(7-13)3-5-14-11/h3,5H,1,4,6-7,13H2,2H3. The Morgan fingerprint density at radius 1 is 1.67 bits per heavy atom. The summed E-state index contributed by atoms with van der Waals surface area (Å²) in [5, 5.41) is 0. The van der Waals surface area contributed by atoms with Crippen molar-refractivity contribution in [1.29, 1.82) is 0 Å². The normalized spacial score (nSPS) is 10.1. The second-order valence-corrected chi connectivity index (χ2v) is 3.35. The monoisotopic (exact) mass is 210 g/mol. The second kappa shape index (κ2) is 5.46. The summed E-state index contributed by atoms with van der Waals surface area (Å²) >= 11 is 0. The first-order valence-electron chi connectivity index (χ1n) is 4.75. The fourth-order valence-electron chi connectivity index (χ4n) is 1.04. The molecule has 0 bridgehead atoms. The number of halogens is 1. The summed E-state index contributed by atoms with van der Waals surface area (Å²) in [6.45, 7) is 6.15. The number of rotatable bonds is 5. The van der Waals surface area contributed by atoms with Gasteiger partial charge in [0.1, 0.15) is 0 Å². The van der Waals surface area contributed by atoms with E-state index < -0.39 is 5.82 Å². The van der Waals surface area contributed by atoms with Gasteiger partial charge in [-0.15, -0.1) is 6.58 Å². The van der Waals surface area contributed by atoms with Gasteiger partial charge < -0.3 is 10.5 Å². The molecular formula is C11H15FN2O. The Labute approximate surface area is 88.8 Å². The summed E-state index contributed by atoms with van der Waals surface area (Å²) in [6, 6.07) is 1.54. The maximum atomic E-state index is 13.5. The lowest BCUT2D eigenvalue weighted by molar-refractivity contribution is 0.291. The van der Waals surface area contributed by atoms with Crippen LogP contribution < -0.4 is 10.5 Å². The van der Waals surface area contributed by atoms with Gasteiger partial charge in [0.25, 0.3) is 5.88 Å². The van der Waals surface area contributed by atoms with Gasteiger partial charge in [-0.25, -0.2) is 9.37 Å². The molecule has 1 aromatic heterocycles. The first kappa shape index (κ1) is 11.7. The Morgan fingerprint density at radius 2 is 2.40 bits per heavy atom. The van der Waals surface area contributed by atoms with Crippen molar-refractivity contribution in [3.63, 3.8) is 0 Å². The highest BCUT2D eigenvalue weighted by Gasteiger charge is 2.08. The molecular weight excluding hydrogens is 195 g/mol. The van der Waals surface area contributed by atoms with E-state index in [1.54, 1.807) is 6.07 Å². The molecule has 82 valence electrons. The van der Waals surface area contributed by atoms with Crippen LogP contribution >= 0.6 is 0 Å². The van der Waals surface area contributed by atoms with Crippen LogP contribution in [-0.2, 0) is 6.54 Å². The minimum Gasteiger partial charge on any atom is -0.475 e. The highest BCUT2D eigenvalue weighted by Crippen LogP contribution is 2.17. The first-order chi connectivity index (χ1) is 7.15. The van der Waals surface area contributed by atoms with E-state index in [9.17, 15) is 4.39 Å². The van der Waals surface area contributed by atoms with Crippen LogP contribution in [0.25, 0.3) is 0 Å². The number of nitrogens with two attached hydrogens (primary N) is 1. The molecule has 3 nitrogen and oxygen atoms in total. The molecule has 1 aromatic rings. The largest absolute Gasteiger partial charge is 0.475 e. The maximum absolute atomic E-state index is 13.5. The molecule has 4 heteroatoms. The summed E-state index contributed by atoms with van der Waals surface area (Å²) in [4.78, 5) is 3.80. The van der Waals surface area contributed by atoms with Crippen molar-refractivity contribution in [3.8, 4) is 5.88 Å². The van der Waals surface area contributed by atoms with E-state index in [1.807, 2.05) is 6.92 Å². The summed E-state index contributed by atoms with van der Waals surface area (Å²) in [6.07, 6.45) is 2.18. The molecule has 0 aliphatic heterocycles. The zero-order valence-electron chi connectivity index (χ0n) is 8.79. The second-order valence-electron chi connectivity index (χ2n) is 3.35. The van der Waals surface area contributed by atoms with E-state index in [4.69, 9.17) is 10.5 Å². The topological polar surface area (TPSA) is 48.1 Å². The Bertz CT molecular complexity index is 352. The van der Waals surface area contributed by atoms with Crippen molar-refractivity contribution in [1.82, 2.24) is 4.98 Å².